The maximum Gasteiger partial charge on any atom is 0.270 e. The number of hydrogen-bond acceptors (Lipinski definition) is 4. The van der Waals surface area contributed by atoms with E-state index >= 15 is 0 Å². The molecule has 0 bridgehead atoms. The number of piperidine rings is 1. The van der Waals surface area contributed by atoms with E-state index in [1.165, 1.54) is 0 Å². The van der Waals surface area contributed by atoms with Crippen LogP contribution in [0.25, 0.3) is 10.9 Å². The fourth-order valence-electron chi connectivity index (χ4n) is 4.40. The van der Waals surface area contributed by atoms with E-state index in [2.05, 4.69) is 9.97 Å². The number of amides is 1. The maximum absolute atomic E-state index is 13.2. The summed E-state index contributed by atoms with van der Waals surface area (Å²) in [6.07, 6.45) is 4.27. The van der Waals surface area contributed by atoms with E-state index in [1.54, 1.807) is 13.3 Å². The predicted octanol–water partition coefficient (Wildman–Crippen LogP) is 5.43. The molecule has 5 rings (SSSR count). The first-order valence-electron chi connectivity index (χ1n) is 10.7. The van der Waals surface area contributed by atoms with Crippen molar-refractivity contribution in [3.8, 4) is 5.75 Å². The van der Waals surface area contributed by atoms with Crippen LogP contribution in [0.1, 0.15) is 46.5 Å². The molecule has 164 valence electrons. The van der Waals surface area contributed by atoms with Gasteiger partial charge in [0.1, 0.15) is 17.2 Å². The average molecular weight is 450 g/mol. The van der Waals surface area contributed by atoms with Crippen LogP contribution in [0, 0.1) is 0 Å². The molecule has 0 saturated carbocycles. The van der Waals surface area contributed by atoms with E-state index in [0.717, 1.165) is 47.4 Å². The van der Waals surface area contributed by atoms with Gasteiger partial charge in [-0.05, 0) is 48.7 Å². The van der Waals surface area contributed by atoms with E-state index in [-0.39, 0.29) is 11.8 Å². The highest BCUT2D eigenvalue weighted by molar-refractivity contribution is 6.30. The van der Waals surface area contributed by atoms with Crippen LogP contribution in [-0.2, 0) is 6.42 Å². The lowest BCUT2D eigenvalue weighted by molar-refractivity contribution is 0.0693. The van der Waals surface area contributed by atoms with Gasteiger partial charge in [0.15, 0.2) is 5.89 Å². The molecule has 1 amide bonds. The fourth-order valence-corrected chi connectivity index (χ4v) is 4.61. The zero-order valence-corrected chi connectivity index (χ0v) is 18.6. The Hall–Kier alpha value is -3.25. The molecule has 3 heterocycles. The summed E-state index contributed by atoms with van der Waals surface area (Å²) in [7, 11) is 1.63. The van der Waals surface area contributed by atoms with Crippen molar-refractivity contribution < 1.29 is 13.9 Å². The Balaban J connectivity index is 1.30. The lowest BCUT2D eigenvalue weighted by atomic mass is 9.97. The molecule has 0 radical (unpaired) electrons. The summed E-state index contributed by atoms with van der Waals surface area (Å²) in [6.45, 7) is 1.31. The second-order valence-electron chi connectivity index (χ2n) is 8.17. The minimum absolute atomic E-state index is 0.0151. The number of methoxy groups -OCH3 is 1. The van der Waals surface area contributed by atoms with Gasteiger partial charge in [-0.15, -0.1) is 0 Å². The number of ether oxygens (including phenoxy) is 1. The number of likely N-dealkylation sites (tertiary alicyclic amines) is 1. The third-order valence-corrected chi connectivity index (χ3v) is 6.21. The summed E-state index contributed by atoms with van der Waals surface area (Å²) in [4.78, 5) is 22.9. The zero-order valence-electron chi connectivity index (χ0n) is 17.8. The molecule has 2 aromatic heterocycles. The molecule has 4 aromatic rings. The van der Waals surface area contributed by atoms with Crippen LogP contribution >= 0.6 is 11.6 Å². The zero-order chi connectivity index (χ0) is 22.1. The number of nitrogens with one attached hydrogen (secondary N) is 1. The number of benzene rings is 2. The van der Waals surface area contributed by atoms with Gasteiger partial charge in [-0.3, -0.25) is 4.79 Å². The minimum atomic E-state index is -0.0151. The highest BCUT2D eigenvalue weighted by Crippen LogP contribution is 2.30. The van der Waals surface area contributed by atoms with E-state index in [4.69, 9.17) is 20.8 Å². The molecule has 1 N–H and O–H groups in total. The molecule has 1 saturated heterocycles. The van der Waals surface area contributed by atoms with Crippen LogP contribution in [0.15, 0.2) is 59.1 Å². The van der Waals surface area contributed by atoms with Crippen LogP contribution in [-0.4, -0.2) is 41.0 Å². The van der Waals surface area contributed by atoms with Gasteiger partial charge < -0.3 is 19.0 Å². The normalized spacial score (nSPS) is 16.4. The molecule has 1 unspecified atom stereocenters. The van der Waals surface area contributed by atoms with Crippen molar-refractivity contribution in [3.05, 3.63) is 82.7 Å². The number of H-pyrrole nitrogens is 1. The molecule has 32 heavy (non-hydrogen) atoms. The fraction of sp³-hybridized carbons (Fsp3) is 0.280. The van der Waals surface area contributed by atoms with Crippen molar-refractivity contribution in [2.24, 2.45) is 0 Å². The van der Waals surface area contributed by atoms with Gasteiger partial charge in [0.2, 0.25) is 0 Å². The van der Waals surface area contributed by atoms with Gasteiger partial charge in [-0.2, -0.15) is 0 Å². The van der Waals surface area contributed by atoms with E-state index < -0.39 is 0 Å². The first kappa shape index (κ1) is 20.6. The molecular weight excluding hydrogens is 426 g/mol. The van der Waals surface area contributed by atoms with Crippen LogP contribution in [0.5, 0.6) is 5.75 Å². The Morgan fingerprint density at radius 2 is 2.16 bits per heavy atom. The van der Waals surface area contributed by atoms with Crippen LogP contribution < -0.4 is 4.74 Å². The molecule has 1 aliphatic heterocycles. The molecule has 2 aromatic carbocycles. The summed E-state index contributed by atoms with van der Waals surface area (Å²) >= 11 is 6.08. The third kappa shape index (κ3) is 4.10. The first-order chi connectivity index (χ1) is 15.6. The van der Waals surface area contributed by atoms with Gasteiger partial charge in [-0.25, -0.2) is 4.98 Å². The van der Waals surface area contributed by atoms with Crippen molar-refractivity contribution in [1.82, 2.24) is 14.9 Å². The van der Waals surface area contributed by atoms with E-state index in [9.17, 15) is 4.79 Å². The van der Waals surface area contributed by atoms with Crippen LogP contribution in [0.3, 0.4) is 0 Å². The van der Waals surface area contributed by atoms with Gasteiger partial charge in [-0.1, -0.05) is 29.8 Å². The molecule has 1 atom stereocenters. The number of halogens is 1. The van der Waals surface area contributed by atoms with Gasteiger partial charge in [0, 0.05) is 35.4 Å². The van der Waals surface area contributed by atoms with Crippen molar-refractivity contribution in [1.29, 1.82) is 0 Å². The SMILES string of the molecule is COc1cccc2[nH]c(C(=O)N3CCCC(c4ncc(Cc5cccc(Cl)c5)o4)C3)cc12. The summed E-state index contributed by atoms with van der Waals surface area (Å²) in [6, 6.07) is 15.4. The number of oxazole rings is 1. The van der Waals surface area contributed by atoms with Crippen molar-refractivity contribution in [2.45, 2.75) is 25.2 Å². The molecule has 1 aliphatic rings. The highest BCUT2D eigenvalue weighted by Gasteiger charge is 2.29. The minimum Gasteiger partial charge on any atom is -0.496 e. The Morgan fingerprint density at radius 3 is 3.00 bits per heavy atom. The van der Waals surface area contributed by atoms with E-state index in [1.807, 2.05) is 53.4 Å². The molecule has 6 nitrogen and oxygen atoms in total. The third-order valence-electron chi connectivity index (χ3n) is 5.97. The largest absolute Gasteiger partial charge is 0.496 e. The number of nitrogens with zero attached hydrogens (tertiary/aromatic N) is 2. The molecule has 1 fully saturated rings. The second-order valence-corrected chi connectivity index (χ2v) is 8.60. The summed E-state index contributed by atoms with van der Waals surface area (Å²) in [5.41, 5.74) is 2.54. The van der Waals surface area contributed by atoms with Gasteiger partial charge in [0.25, 0.3) is 5.91 Å². The van der Waals surface area contributed by atoms with Crippen LogP contribution in [0.4, 0.5) is 0 Å². The number of rotatable bonds is 5. The van der Waals surface area contributed by atoms with Crippen LogP contribution in [0.2, 0.25) is 5.02 Å². The number of hydrogen-bond donors (Lipinski definition) is 1. The molecule has 0 spiro atoms. The number of aromatic amines is 1. The van der Waals surface area contributed by atoms with Crippen molar-refractivity contribution >= 4 is 28.4 Å². The quantitative estimate of drug-likeness (QED) is 0.441. The summed E-state index contributed by atoms with van der Waals surface area (Å²) in [5.74, 6) is 2.31. The lowest BCUT2D eigenvalue weighted by Crippen LogP contribution is -2.39. The van der Waals surface area contributed by atoms with Crippen molar-refractivity contribution in [2.75, 3.05) is 20.2 Å². The number of fused-ring (bicyclic) bond motifs is 1. The summed E-state index contributed by atoms with van der Waals surface area (Å²) in [5, 5.41) is 1.61. The van der Waals surface area contributed by atoms with E-state index in [0.29, 0.717) is 29.6 Å². The predicted molar refractivity (Wildman–Crippen MR) is 123 cm³/mol. The molecule has 0 aliphatic carbocycles. The molecule has 7 heteroatoms. The standard InChI is InChI=1S/C25H24ClN3O3/c1-31-23-9-3-8-21-20(23)13-22(28-21)25(30)29-10-4-6-17(15-29)24-27-14-19(32-24)12-16-5-2-7-18(26)11-16/h2-3,5,7-9,11,13-14,17,28H,4,6,10,12,15H2,1H3. The smallest absolute Gasteiger partial charge is 0.270 e. The Morgan fingerprint density at radius 1 is 1.28 bits per heavy atom. The Bertz CT molecular complexity index is 1260. The first-order valence-corrected chi connectivity index (χ1v) is 11.1. The number of carbonyl (C=O) groups excluding carboxylic acids is 1. The number of carbonyl (C=O) groups is 1. The number of aromatic nitrogens is 2. The Labute approximate surface area is 191 Å². The summed E-state index contributed by atoms with van der Waals surface area (Å²) < 4.78 is 11.5. The second kappa shape index (κ2) is 8.71. The monoisotopic (exact) mass is 449 g/mol. The lowest BCUT2D eigenvalue weighted by Gasteiger charge is -2.31. The topological polar surface area (TPSA) is 71.4 Å². The van der Waals surface area contributed by atoms with Gasteiger partial charge in [0.05, 0.1) is 19.2 Å². The van der Waals surface area contributed by atoms with Gasteiger partial charge >= 0.3 is 0 Å². The molecular formula is C25H24ClN3O3. The van der Waals surface area contributed by atoms with Crippen molar-refractivity contribution in [3.63, 3.8) is 0 Å². The Kier molecular flexibility index (Phi) is 5.62. The maximum atomic E-state index is 13.2. The highest BCUT2D eigenvalue weighted by atomic mass is 35.5. The average Bonchev–Trinajstić information content (AvgIpc) is 3.46.